The molecule has 0 radical (unpaired) electrons. The molecule has 1 saturated carbocycles. The van der Waals surface area contributed by atoms with Crippen molar-refractivity contribution in [3.63, 3.8) is 0 Å². The number of nitrogens with zero attached hydrogens (tertiary/aromatic N) is 2. The summed E-state index contributed by atoms with van der Waals surface area (Å²) >= 11 is 1.38. The molecule has 6 heteroatoms. The summed E-state index contributed by atoms with van der Waals surface area (Å²) in [5.74, 6) is 0.418. The minimum Gasteiger partial charge on any atom is -0.459 e. The van der Waals surface area contributed by atoms with Gasteiger partial charge in [-0.3, -0.25) is 14.5 Å². The lowest BCUT2D eigenvalue weighted by Crippen LogP contribution is -2.23. The van der Waals surface area contributed by atoms with Gasteiger partial charge in [-0.15, -0.1) is 11.3 Å². The Morgan fingerprint density at radius 3 is 2.68 bits per heavy atom. The van der Waals surface area contributed by atoms with Crippen LogP contribution in [0.25, 0.3) is 0 Å². The largest absolute Gasteiger partial charge is 0.459 e. The number of amides is 1. The summed E-state index contributed by atoms with van der Waals surface area (Å²) in [6.45, 7) is 5.69. The van der Waals surface area contributed by atoms with Crippen molar-refractivity contribution >= 4 is 34.0 Å². The molecule has 5 nitrogen and oxygen atoms in total. The number of carbonyl (C=O) groups is 2. The van der Waals surface area contributed by atoms with Crippen LogP contribution in [0.5, 0.6) is 0 Å². The Kier molecular flexibility index (Phi) is 6.83. The zero-order chi connectivity index (χ0) is 20.1. The quantitative estimate of drug-likeness (QED) is 0.579. The van der Waals surface area contributed by atoms with Crippen LogP contribution in [0.4, 0.5) is 10.8 Å². The summed E-state index contributed by atoms with van der Waals surface area (Å²) < 4.78 is 5.39. The normalized spacial score (nSPS) is 14.2. The van der Waals surface area contributed by atoms with Crippen LogP contribution in [0.15, 0.2) is 23.6 Å². The molecule has 2 aromatic rings. The average Bonchev–Trinajstić information content (AvgIpc) is 3.32. The van der Waals surface area contributed by atoms with E-state index in [2.05, 4.69) is 4.98 Å². The highest BCUT2D eigenvalue weighted by Gasteiger charge is 2.20. The standard InChI is InChI=1S/C22H28N2O3S/c1-15-8-10-20(16(2)12-15)24(17(3)25)22-23-19(14-28-22)13-27-21(26)11-9-18-6-4-5-7-18/h8,10,12,14,18H,4-7,9,11,13H2,1-3H3. The first kappa shape index (κ1) is 20.5. The smallest absolute Gasteiger partial charge is 0.306 e. The molecular weight excluding hydrogens is 372 g/mol. The summed E-state index contributed by atoms with van der Waals surface area (Å²) in [5.41, 5.74) is 3.66. The molecule has 0 spiro atoms. The van der Waals surface area contributed by atoms with E-state index in [1.807, 2.05) is 37.4 Å². The molecule has 1 aliphatic carbocycles. The van der Waals surface area contributed by atoms with E-state index in [1.54, 1.807) is 4.90 Å². The van der Waals surface area contributed by atoms with Crippen molar-refractivity contribution < 1.29 is 14.3 Å². The number of esters is 1. The van der Waals surface area contributed by atoms with Crippen molar-refractivity contribution in [2.24, 2.45) is 5.92 Å². The number of aromatic nitrogens is 1. The third-order valence-corrected chi connectivity index (χ3v) is 6.13. The number of aryl methyl sites for hydroxylation is 2. The van der Waals surface area contributed by atoms with E-state index in [9.17, 15) is 9.59 Å². The van der Waals surface area contributed by atoms with Crippen LogP contribution in [0.3, 0.4) is 0 Å². The second-order valence-corrected chi connectivity index (χ2v) is 8.45. The molecular formula is C22H28N2O3S. The van der Waals surface area contributed by atoms with Crippen LogP contribution in [-0.2, 0) is 20.9 Å². The fourth-order valence-corrected chi connectivity index (χ4v) is 4.64. The van der Waals surface area contributed by atoms with Gasteiger partial charge in [-0.1, -0.05) is 43.4 Å². The van der Waals surface area contributed by atoms with Gasteiger partial charge in [0.25, 0.3) is 0 Å². The highest BCUT2D eigenvalue weighted by Crippen LogP contribution is 2.32. The van der Waals surface area contributed by atoms with Crippen molar-refractivity contribution in [1.82, 2.24) is 4.98 Å². The van der Waals surface area contributed by atoms with Crippen LogP contribution in [0.1, 0.15) is 62.3 Å². The predicted octanol–water partition coefficient (Wildman–Crippen LogP) is 5.46. The van der Waals surface area contributed by atoms with E-state index in [1.165, 1.54) is 43.9 Å². The molecule has 0 aliphatic heterocycles. The average molecular weight is 401 g/mol. The lowest BCUT2D eigenvalue weighted by molar-refractivity contribution is -0.145. The number of thiazole rings is 1. The first-order valence-electron chi connectivity index (χ1n) is 9.92. The predicted molar refractivity (Wildman–Crippen MR) is 112 cm³/mol. The number of hydrogen-bond donors (Lipinski definition) is 0. The number of rotatable bonds is 7. The van der Waals surface area contributed by atoms with Crippen molar-refractivity contribution in [3.8, 4) is 0 Å². The maximum Gasteiger partial charge on any atom is 0.306 e. The Morgan fingerprint density at radius 2 is 2.00 bits per heavy atom. The second kappa shape index (κ2) is 9.32. The van der Waals surface area contributed by atoms with E-state index in [0.717, 1.165) is 23.2 Å². The molecule has 1 fully saturated rings. The first-order chi connectivity index (χ1) is 13.4. The SMILES string of the molecule is CC(=O)N(c1nc(COC(=O)CCC2CCCC2)cs1)c1ccc(C)cc1C. The summed E-state index contributed by atoms with van der Waals surface area (Å²) in [6, 6.07) is 5.97. The molecule has 0 atom stereocenters. The minimum absolute atomic E-state index is 0.0959. The molecule has 1 amide bonds. The van der Waals surface area contributed by atoms with Crippen LogP contribution >= 0.6 is 11.3 Å². The van der Waals surface area contributed by atoms with Gasteiger partial charge in [0.05, 0.1) is 11.4 Å². The highest BCUT2D eigenvalue weighted by molar-refractivity contribution is 7.14. The van der Waals surface area contributed by atoms with E-state index >= 15 is 0 Å². The maximum absolute atomic E-state index is 12.3. The van der Waals surface area contributed by atoms with Gasteiger partial charge >= 0.3 is 5.97 Å². The third kappa shape index (κ3) is 5.19. The Labute approximate surface area is 170 Å². The van der Waals surface area contributed by atoms with Crippen molar-refractivity contribution in [2.75, 3.05) is 4.90 Å². The molecule has 1 aromatic heterocycles. The second-order valence-electron chi connectivity index (χ2n) is 7.62. The van der Waals surface area contributed by atoms with Crippen LogP contribution in [-0.4, -0.2) is 16.9 Å². The zero-order valence-electron chi connectivity index (χ0n) is 16.9. The fourth-order valence-electron chi connectivity index (χ4n) is 3.78. The van der Waals surface area contributed by atoms with Gasteiger partial charge < -0.3 is 4.74 Å². The highest BCUT2D eigenvalue weighted by atomic mass is 32.1. The van der Waals surface area contributed by atoms with E-state index < -0.39 is 0 Å². The summed E-state index contributed by atoms with van der Waals surface area (Å²) in [5, 5.41) is 2.44. The molecule has 0 bridgehead atoms. The molecule has 0 unspecified atom stereocenters. The molecule has 1 heterocycles. The van der Waals surface area contributed by atoms with Gasteiger partial charge in [-0.25, -0.2) is 4.98 Å². The molecule has 28 heavy (non-hydrogen) atoms. The fraction of sp³-hybridized carbons (Fsp3) is 0.500. The van der Waals surface area contributed by atoms with Crippen LogP contribution in [0, 0.1) is 19.8 Å². The Hall–Kier alpha value is -2.21. The van der Waals surface area contributed by atoms with Gasteiger partial charge in [0, 0.05) is 18.7 Å². The van der Waals surface area contributed by atoms with Gasteiger partial charge in [-0.2, -0.15) is 0 Å². The summed E-state index contributed by atoms with van der Waals surface area (Å²) in [7, 11) is 0. The van der Waals surface area contributed by atoms with Crippen LogP contribution < -0.4 is 4.90 Å². The Bertz CT molecular complexity index is 840. The minimum atomic E-state index is -0.167. The number of carbonyl (C=O) groups excluding carboxylic acids is 2. The van der Waals surface area contributed by atoms with E-state index in [4.69, 9.17) is 4.74 Å². The van der Waals surface area contributed by atoms with Crippen molar-refractivity contribution in [2.45, 2.75) is 65.9 Å². The lowest BCUT2D eigenvalue weighted by Gasteiger charge is -2.20. The zero-order valence-corrected chi connectivity index (χ0v) is 17.7. The van der Waals surface area contributed by atoms with Crippen LogP contribution in [0.2, 0.25) is 0 Å². The molecule has 0 N–H and O–H groups in total. The Morgan fingerprint density at radius 1 is 1.25 bits per heavy atom. The topological polar surface area (TPSA) is 59.5 Å². The molecule has 1 aromatic carbocycles. The van der Waals surface area contributed by atoms with Crippen molar-refractivity contribution in [3.05, 3.63) is 40.4 Å². The number of benzene rings is 1. The third-order valence-electron chi connectivity index (χ3n) is 5.25. The number of anilines is 2. The first-order valence-corrected chi connectivity index (χ1v) is 10.8. The van der Waals surface area contributed by atoms with Gasteiger partial charge in [0.15, 0.2) is 5.13 Å². The maximum atomic E-state index is 12.3. The lowest BCUT2D eigenvalue weighted by atomic mass is 10.0. The van der Waals surface area contributed by atoms with Crippen molar-refractivity contribution in [1.29, 1.82) is 0 Å². The summed E-state index contributed by atoms with van der Waals surface area (Å²) in [6.07, 6.45) is 6.45. The monoisotopic (exact) mass is 400 g/mol. The molecule has 150 valence electrons. The molecule has 1 aliphatic rings. The summed E-state index contributed by atoms with van der Waals surface area (Å²) in [4.78, 5) is 30.4. The van der Waals surface area contributed by atoms with E-state index in [0.29, 0.717) is 23.2 Å². The number of ether oxygens (including phenoxy) is 1. The van der Waals surface area contributed by atoms with Gasteiger partial charge in [0.2, 0.25) is 5.91 Å². The van der Waals surface area contributed by atoms with E-state index in [-0.39, 0.29) is 18.5 Å². The van der Waals surface area contributed by atoms with Gasteiger partial charge in [0.1, 0.15) is 6.61 Å². The molecule has 3 rings (SSSR count). The molecule has 0 saturated heterocycles. The Balaban J connectivity index is 1.61. The van der Waals surface area contributed by atoms with Gasteiger partial charge in [-0.05, 0) is 37.8 Å². The number of hydrogen-bond acceptors (Lipinski definition) is 5.